The quantitative estimate of drug-likeness (QED) is 0.0881. The third-order valence-corrected chi connectivity index (χ3v) is 9.16. The van der Waals surface area contributed by atoms with Gasteiger partial charge in [0.25, 0.3) is 5.91 Å². The summed E-state index contributed by atoms with van der Waals surface area (Å²) >= 11 is 0. The Morgan fingerprint density at radius 3 is 2.79 bits per heavy atom. The summed E-state index contributed by atoms with van der Waals surface area (Å²) in [6.45, 7) is 8.08. The third-order valence-electron chi connectivity index (χ3n) is 8.18. The van der Waals surface area contributed by atoms with Gasteiger partial charge in [0, 0.05) is 35.8 Å². The van der Waals surface area contributed by atoms with Gasteiger partial charge >= 0.3 is 0 Å². The summed E-state index contributed by atoms with van der Waals surface area (Å²) in [6.07, 6.45) is 7.65. The molecular formula is C29H36FN9O3S. The van der Waals surface area contributed by atoms with E-state index in [1.165, 1.54) is 25.0 Å². The Hall–Kier alpha value is -4.03. The lowest BCUT2D eigenvalue weighted by molar-refractivity contribution is 0.0983. The van der Waals surface area contributed by atoms with E-state index in [-0.39, 0.29) is 22.0 Å². The van der Waals surface area contributed by atoms with Gasteiger partial charge in [0.1, 0.15) is 5.82 Å². The standard InChI is InChI=1S/C29H36FN9O3S/c1-28(2)18-20(6-5-15-32-37-31)19-38(28)26-21(27(40)36-43(41)25-8-4-7-22(30)33-25)9-10-23(34-26)39-16-11-24(35-39)42-17-14-29(3)12-13-29/h4,7-11,16,20H,5-6,12-15,17-19H2,1-3H3,(H,36,40). The van der Waals surface area contributed by atoms with Crippen molar-refractivity contribution < 1.29 is 18.1 Å². The molecule has 0 bridgehead atoms. The number of halogens is 1. The molecule has 12 nitrogen and oxygen atoms in total. The Bertz CT molecular complexity index is 1550. The van der Waals surface area contributed by atoms with Gasteiger partial charge in [0.15, 0.2) is 21.8 Å². The zero-order chi connectivity index (χ0) is 30.6. The first-order chi connectivity index (χ1) is 20.6. The SMILES string of the molecule is CC1(CCOc2ccn(-c3ccc(C(=O)NS(=O)c4cccc(F)n4)c(N4CC(CCCN=[N+]=[N-])CC4(C)C)n3)n2)CC1. The van der Waals surface area contributed by atoms with Gasteiger partial charge in [-0.3, -0.25) is 9.52 Å². The van der Waals surface area contributed by atoms with E-state index in [9.17, 15) is 13.4 Å². The van der Waals surface area contributed by atoms with Crippen molar-refractivity contribution in [3.8, 4) is 11.7 Å². The number of rotatable bonds is 13. The van der Waals surface area contributed by atoms with Crippen LogP contribution >= 0.6 is 0 Å². The van der Waals surface area contributed by atoms with E-state index in [0.29, 0.717) is 42.6 Å². The molecule has 1 aliphatic carbocycles. The van der Waals surface area contributed by atoms with Crippen LogP contribution in [-0.2, 0) is 11.0 Å². The monoisotopic (exact) mass is 609 g/mol. The second kappa shape index (κ2) is 12.7. The number of nitrogens with one attached hydrogen (secondary N) is 1. The number of amides is 1. The molecular weight excluding hydrogens is 573 g/mol. The van der Waals surface area contributed by atoms with Crippen LogP contribution in [0.3, 0.4) is 0 Å². The van der Waals surface area contributed by atoms with E-state index >= 15 is 0 Å². The third kappa shape index (κ3) is 7.49. The number of hydrogen-bond acceptors (Lipinski definition) is 8. The minimum absolute atomic E-state index is 0.0965. The van der Waals surface area contributed by atoms with Crippen LogP contribution in [0.15, 0.2) is 52.7 Å². The lowest BCUT2D eigenvalue weighted by Gasteiger charge is -2.34. The van der Waals surface area contributed by atoms with Gasteiger partial charge < -0.3 is 9.64 Å². The number of azide groups is 1. The van der Waals surface area contributed by atoms with Crippen molar-refractivity contribution in [1.29, 1.82) is 0 Å². The maximum Gasteiger partial charge on any atom is 0.267 e. The fraction of sp³-hybridized carbons (Fsp3) is 0.517. The van der Waals surface area contributed by atoms with Crippen molar-refractivity contribution in [2.75, 3.05) is 24.6 Å². The molecule has 0 spiro atoms. The van der Waals surface area contributed by atoms with Crippen molar-refractivity contribution >= 4 is 22.7 Å². The summed E-state index contributed by atoms with van der Waals surface area (Å²) in [5.74, 6) is 0.274. The number of carbonyl (C=O) groups excluding carboxylic acids is 1. The van der Waals surface area contributed by atoms with E-state index in [0.717, 1.165) is 31.7 Å². The van der Waals surface area contributed by atoms with Crippen LogP contribution in [0.4, 0.5) is 10.2 Å². The van der Waals surface area contributed by atoms with Gasteiger partial charge in [0.05, 0.1) is 12.2 Å². The fourth-order valence-corrected chi connectivity index (χ4v) is 6.21. The van der Waals surface area contributed by atoms with E-state index in [4.69, 9.17) is 15.3 Å². The minimum Gasteiger partial charge on any atom is -0.477 e. The molecule has 1 aliphatic heterocycles. The summed E-state index contributed by atoms with van der Waals surface area (Å²) in [5, 5.41) is 8.10. The highest BCUT2D eigenvalue weighted by molar-refractivity contribution is 7.83. The van der Waals surface area contributed by atoms with E-state index < -0.39 is 22.8 Å². The Balaban J connectivity index is 1.41. The Labute approximate surface area is 252 Å². The number of hydrogen-bond donors (Lipinski definition) is 1. The number of pyridine rings is 2. The molecule has 1 amide bonds. The van der Waals surface area contributed by atoms with Crippen LogP contribution < -0.4 is 14.4 Å². The van der Waals surface area contributed by atoms with Crippen molar-refractivity contribution in [3.63, 3.8) is 0 Å². The lowest BCUT2D eigenvalue weighted by atomic mass is 9.93. The lowest BCUT2D eigenvalue weighted by Crippen LogP contribution is -2.40. The Morgan fingerprint density at radius 2 is 2.05 bits per heavy atom. The van der Waals surface area contributed by atoms with E-state index in [1.54, 1.807) is 29.1 Å². The number of ether oxygens (including phenoxy) is 1. The van der Waals surface area contributed by atoms with Crippen LogP contribution in [0.2, 0.25) is 0 Å². The highest BCUT2D eigenvalue weighted by atomic mass is 32.2. The molecule has 3 aromatic rings. The topological polar surface area (TPSA) is 151 Å². The first-order valence-electron chi connectivity index (χ1n) is 14.4. The number of anilines is 1. The maximum absolute atomic E-state index is 13.6. The van der Waals surface area contributed by atoms with E-state index in [2.05, 4.69) is 50.5 Å². The molecule has 0 aromatic carbocycles. The zero-order valence-corrected chi connectivity index (χ0v) is 25.4. The molecule has 4 heterocycles. The first-order valence-corrected chi connectivity index (χ1v) is 15.6. The van der Waals surface area contributed by atoms with Gasteiger partial charge in [-0.05, 0) is 93.5 Å². The maximum atomic E-state index is 13.6. The van der Waals surface area contributed by atoms with Gasteiger partial charge in [-0.15, -0.1) is 5.10 Å². The smallest absolute Gasteiger partial charge is 0.267 e. The molecule has 2 aliphatic rings. The summed E-state index contributed by atoms with van der Waals surface area (Å²) < 4.78 is 36.4. The number of aromatic nitrogens is 4. The van der Waals surface area contributed by atoms with Crippen molar-refractivity contribution in [1.82, 2.24) is 24.5 Å². The largest absolute Gasteiger partial charge is 0.477 e. The minimum atomic E-state index is -2.08. The summed E-state index contributed by atoms with van der Waals surface area (Å²) in [5.41, 5.74) is 8.85. The molecule has 2 fully saturated rings. The molecule has 3 aromatic heterocycles. The fourth-order valence-electron chi connectivity index (χ4n) is 5.46. The molecule has 5 rings (SSSR count). The molecule has 2 atom stereocenters. The Morgan fingerprint density at radius 1 is 1.23 bits per heavy atom. The average Bonchev–Trinajstić information content (AvgIpc) is 3.37. The Kier molecular flexibility index (Phi) is 8.97. The average molecular weight is 610 g/mol. The van der Waals surface area contributed by atoms with Crippen molar-refractivity contribution in [2.24, 2.45) is 16.4 Å². The van der Waals surface area contributed by atoms with Crippen LogP contribution in [0.5, 0.6) is 5.88 Å². The molecule has 1 saturated carbocycles. The highest BCUT2D eigenvalue weighted by Crippen LogP contribution is 2.48. The van der Waals surface area contributed by atoms with Crippen molar-refractivity contribution in [3.05, 3.63) is 64.5 Å². The second-order valence-corrected chi connectivity index (χ2v) is 13.3. The molecule has 228 valence electrons. The van der Waals surface area contributed by atoms with Crippen molar-refractivity contribution in [2.45, 2.75) is 69.9 Å². The van der Waals surface area contributed by atoms with Gasteiger partial charge in [0.2, 0.25) is 11.8 Å². The first kappa shape index (κ1) is 30.4. The van der Waals surface area contributed by atoms with Gasteiger partial charge in [-0.2, -0.15) is 4.39 Å². The van der Waals surface area contributed by atoms with Crippen LogP contribution in [0.1, 0.15) is 69.7 Å². The summed E-state index contributed by atoms with van der Waals surface area (Å²) in [7, 11) is -2.08. The van der Waals surface area contributed by atoms with E-state index in [1.807, 2.05) is 0 Å². The molecule has 1 saturated heterocycles. The predicted molar refractivity (Wildman–Crippen MR) is 160 cm³/mol. The predicted octanol–water partition coefficient (Wildman–Crippen LogP) is 5.52. The molecule has 1 N–H and O–H groups in total. The van der Waals surface area contributed by atoms with Crippen LogP contribution in [0.25, 0.3) is 16.3 Å². The van der Waals surface area contributed by atoms with Gasteiger partial charge in [-0.25, -0.2) is 18.9 Å². The molecule has 14 heteroatoms. The van der Waals surface area contributed by atoms with Crippen LogP contribution in [-0.4, -0.2) is 55.1 Å². The molecule has 0 radical (unpaired) electrons. The second-order valence-electron chi connectivity index (χ2n) is 12.1. The highest BCUT2D eigenvalue weighted by Gasteiger charge is 2.40. The summed E-state index contributed by atoms with van der Waals surface area (Å²) in [6, 6.07) is 8.99. The van der Waals surface area contributed by atoms with Gasteiger partial charge in [-0.1, -0.05) is 18.1 Å². The molecule has 43 heavy (non-hydrogen) atoms. The normalized spacial score (nSPS) is 19.0. The number of nitrogens with zero attached hydrogens (tertiary/aromatic N) is 8. The molecule has 2 unspecified atom stereocenters. The summed E-state index contributed by atoms with van der Waals surface area (Å²) in [4.78, 5) is 26.9. The zero-order valence-electron chi connectivity index (χ0n) is 24.6. The van der Waals surface area contributed by atoms with Crippen LogP contribution in [0, 0.1) is 17.3 Å². The number of carbonyl (C=O) groups is 1.